The lowest BCUT2D eigenvalue weighted by Gasteiger charge is -2.12. The van der Waals surface area contributed by atoms with Crippen LogP contribution in [0, 0.1) is 0 Å². The van der Waals surface area contributed by atoms with E-state index < -0.39 is 45.5 Å². The minimum atomic E-state index is -5.14. The quantitative estimate of drug-likeness (QED) is 0.600. The van der Waals surface area contributed by atoms with Crippen molar-refractivity contribution in [2.75, 3.05) is 0 Å². The molecule has 21 heavy (non-hydrogen) atoms. The van der Waals surface area contributed by atoms with Crippen LogP contribution < -0.4 is 11.0 Å². The second-order valence-corrected chi connectivity index (χ2v) is 3.99. The van der Waals surface area contributed by atoms with E-state index in [1.54, 1.807) is 4.98 Å². The van der Waals surface area contributed by atoms with Crippen molar-refractivity contribution >= 4 is 11.0 Å². The molecule has 10 heteroatoms. The molecular formula is C11H4F6N2O2. The Morgan fingerprint density at radius 3 is 2.10 bits per heavy atom. The van der Waals surface area contributed by atoms with E-state index in [0.29, 0.717) is 12.3 Å². The first-order valence-electron chi connectivity index (χ1n) is 5.22. The molecule has 0 aliphatic rings. The zero-order valence-electron chi connectivity index (χ0n) is 9.76. The SMILES string of the molecule is O=c1cnc2c(C(F)(F)F)cc(C(F)(F)F)cc2[nH]c1=O. The third-order valence-electron chi connectivity index (χ3n) is 2.53. The molecule has 2 aromatic rings. The predicted molar refractivity (Wildman–Crippen MR) is 58.6 cm³/mol. The summed E-state index contributed by atoms with van der Waals surface area (Å²) in [7, 11) is 0. The van der Waals surface area contributed by atoms with Gasteiger partial charge in [-0.05, 0) is 12.1 Å². The van der Waals surface area contributed by atoms with Crippen LogP contribution in [0.4, 0.5) is 26.3 Å². The van der Waals surface area contributed by atoms with Gasteiger partial charge in [0.2, 0.25) is 0 Å². The molecule has 1 aromatic carbocycles. The number of halogens is 6. The Labute approximate surface area is 111 Å². The van der Waals surface area contributed by atoms with Gasteiger partial charge in [0, 0.05) is 0 Å². The van der Waals surface area contributed by atoms with Crippen molar-refractivity contribution in [3.63, 3.8) is 0 Å². The molecule has 0 fully saturated rings. The summed E-state index contributed by atoms with van der Waals surface area (Å²) in [5.74, 6) is 0. The molecule has 1 aromatic heterocycles. The Balaban J connectivity index is 3.03. The standard InChI is InChI=1S/C11H4F6N2O2/c12-10(13,14)4-1-5(11(15,16)17)8-6(2-4)19-9(21)7(20)3-18-8/h1-3H,(H,19,20,21). The summed E-state index contributed by atoms with van der Waals surface area (Å²) in [6.45, 7) is 0. The number of rotatable bonds is 0. The lowest BCUT2D eigenvalue weighted by molar-refractivity contribution is -0.142. The normalized spacial score (nSPS) is 12.7. The van der Waals surface area contributed by atoms with Gasteiger partial charge in [-0.25, -0.2) is 4.98 Å². The van der Waals surface area contributed by atoms with Gasteiger partial charge >= 0.3 is 12.4 Å². The number of benzene rings is 1. The highest BCUT2D eigenvalue weighted by molar-refractivity contribution is 5.79. The fraction of sp³-hybridized carbons (Fsp3) is 0.182. The molecule has 1 N–H and O–H groups in total. The molecule has 1 heterocycles. The molecular weight excluding hydrogens is 306 g/mol. The Morgan fingerprint density at radius 2 is 1.57 bits per heavy atom. The predicted octanol–water partition coefficient (Wildman–Crippen LogP) is 2.32. The van der Waals surface area contributed by atoms with Crippen LogP contribution in [-0.4, -0.2) is 9.97 Å². The van der Waals surface area contributed by atoms with Crippen molar-refractivity contribution in [1.29, 1.82) is 0 Å². The summed E-state index contributed by atoms with van der Waals surface area (Å²) in [5, 5.41) is 0. The van der Waals surface area contributed by atoms with Crippen LogP contribution in [0.1, 0.15) is 11.1 Å². The van der Waals surface area contributed by atoms with Crippen molar-refractivity contribution in [3.8, 4) is 0 Å². The van der Waals surface area contributed by atoms with Crippen molar-refractivity contribution in [2.45, 2.75) is 12.4 Å². The average Bonchev–Trinajstić information content (AvgIpc) is 2.46. The van der Waals surface area contributed by atoms with Gasteiger partial charge in [0.1, 0.15) is 0 Å². The number of aromatic nitrogens is 2. The minimum absolute atomic E-state index is 0.127. The highest BCUT2D eigenvalue weighted by Crippen LogP contribution is 2.38. The molecule has 0 radical (unpaired) electrons. The van der Waals surface area contributed by atoms with Gasteiger partial charge in [0.05, 0.1) is 28.4 Å². The first kappa shape index (κ1) is 15.0. The van der Waals surface area contributed by atoms with E-state index in [-0.39, 0.29) is 6.07 Å². The summed E-state index contributed by atoms with van der Waals surface area (Å²) < 4.78 is 76.3. The second-order valence-electron chi connectivity index (χ2n) is 3.99. The first-order chi connectivity index (χ1) is 9.50. The van der Waals surface area contributed by atoms with Crippen LogP contribution in [0.5, 0.6) is 0 Å². The third-order valence-corrected chi connectivity index (χ3v) is 2.53. The highest BCUT2D eigenvalue weighted by atomic mass is 19.4. The molecule has 0 amide bonds. The van der Waals surface area contributed by atoms with E-state index in [4.69, 9.17) is 0 Å². The lowest BCUT2D eigenvalue weighted by Crippen LogP contribution is -2.22. The van der Waals surface area contributed by atoms with Crippen molar-refractivity contribution in [3.05, 3.63) is 50.0 Å². The topological polar surface area (TPSA) is 62.8 Å². The number of alkyl halides is 6. The maximum atomic E-state index is 12.8. The maximum Gasteiger partial charge on any atom is 0.418 e. The van der Waals surface area contributed by atoms with Gasteiger partial charge in [-0.15, -0.1) is 0 Å². The monoisotopic (exact) mass is 310 g/mol. The number of hydrogen-bond acceptors (Lipinski definition) is 3. The number of fused-ring (bicyclic) bond motifs is 1. The van der Waals surface area contributed by atoms with E-state index in [1.165, 1.54) is 0 Å². The van der Waals surface area contributed by atoms with E-state index >= 15 is 0 Å². The molecule has 0 atom stereocenters. The largest absolute Gasteiger partial charge is 0.418 e. The molecule has 0 aliphatic carbocycles. The third kappa shape index (κ3) is 2.88. The number of H-pyrrole nitrogens is 1. The van der Waals surface area contributed by atoms with Gasteiger partial charge < -0.3 is 4.98 Å². The molecule has 112 valence electrons. The summed E-state index contributed by atoms with van der Waals surface area (Å²) >= 11 is 0. The number of nitrogens with zero attached hydrogens (tertiary/aromatic N) is 1. The zero-order valence-corrected chi connectivity index (χ0v) is 9.76. The Morgan fingerprint density at radius 1 is 0.952 bits per heavy atom. The Bertz CT molecular complexity index is 822. The summed E-state index contributed by atoms with van der Waals surface area (Å²) in [5.41, 5.74) is -7.73. The lowest BCUT2D eigenvalue weighted by atomic mass is 10.1. The van der Waals surface area contributed by atoms with Gasteiger partial charge in [0.25, 0.3) is 11.0 Å². The van der Waals surface area contributed by atoms with Crippen molar-refractivity contribution < 1.29 is 26.3 Å². The van der Waals surface area contributed by atoms with Gasteiger partial charge in [-0.2, -0.15) is 26.3 Å². The number of aromatic amines is 1. The van der Waals surface area contributed by atoms with E-state index in [1.807, 2.05) is 0 Å². The zero-order chi connectivity index (χ0) is 16.0. The molecule has 0 spiro atoms. The minimum Gasteiger partial charge on any atom is -0.317 e. The van der Waals surface area contributed by atoms with Crippen LogP contribution in [0.2, 0.25) is 0 Å². The molecule has 4 nitrogen and oxygen atoms in total. The maximum absolute atomic E-state index is 12.8. The number of nitrogens with one attached hydrogen (secondary N) is 1. The molecule has 0 unspecified atom stereocenters. The van der Waals surface area contributed by atoms with Gasteiger partial charge in [-0.3, -0.25) is 9.59 Å². The summed E-state index contributed by atoms with van der Waals surface area (Å²) in [6.07, 6.45) is -9.87. The molecule has 0 saturated heterocycles. The van der Waals surface area contributed by atoms with Crippen LogP contribution in [0.3, 0.4) is 0 Å². The van der Waals surface area contributed by atoms with E-state index in [2.05, 4.69) is 4.98 Å². The van der Waals surface area contributed by atoms with Gasteiger partial charge in [-0.1, -0.05) is 0 Å². The van der Waals surface area contributed by atoms with Crippen LogP contribution in [-0.2, 0) is 12.4 Å². The van der Waals surface area contributed by atoms with Crippen molar-refractivity contribution in [2.24, 2.45) is 0 Å². The van der Waals surface area contributed by atoms with Crippen LogP contribution >= 0.6 is 0 Å². The molecule has 0 bridgehead atoms. The molecule has 2 rings (SSSR count). The summed E-state index contributed by atoms with van der Waals surface area (Å²) in [6, 6.07) is 0.163. The van der Waals surface area contributed by atoms with Gasteiger partial charge in [0.15, 0.2) is 0 Å². The Hall–Kier alpha value is -2.39. The van der Waals surface area contributed by atoms with Crippen molar-refractivity contribution in [1.82, 2.24) is 9.97 Å². The average molecular weight is 310 g/mol. The Kier molecular flexibility index (Phi) is 3.27. The second kappa shape index (κ2) is 4.57. The fourth-order valence-corrected chi connectivity index (χ4v) is 1.61. The highest BCUT2D eigenvalue weighted by Gasteiger charge is 2.38. The smallest absolute Gasteiger partial charge is 0.317 e. The molecule has 0 saturated carbocycles. The number of hydrogen-bond donors (Lipinski definition) is 1. The van der Waals surface area contributed by atoms with Crippen LogP contribution in [0.25, 0.3) is 11.0 Å². The fourth-order valence-electron chi connectivity index (χ4n) is 1.61. The molecule has 0 aliphatic heterocycles. The van der Waals surface area contributed by atoms with E-state index in [0.717, 1.165) is 0 Å². The van der Waals surface area contributed by atoms with Crippen LogP contribution in [0.15, 0.2) is 27.9 Å². The first-order valence-corrected chi connectivity index (χ1v) is 5.22. The van der Waals surface area contributed by atoms with E-state index in [9.17, 15) is 35.9 Å². The summed E-state index contributed by atoms with van der Waals surface area (Å²) in [4.78, 5) is 27.1.